The van der Waals surface area contributed by atoms with E-state index in [0.717, 1.165) is 18.5 Å². The second kappa shape index (κ2) is 7.15. The zero-order valence-corrected chi connectivity index (χ0v) is 14.1. The highest BCUT2D eigenvalue weighted by Gasteiger charge is 2.33. The van der Waals surface area contributed by atoms with E-state index in [-0.39, 0.29) is 4.90 Å². The molecular formula is C18H20N2O3S. The van der Waals surface area contributed by atoms with Crippen molar-refractivity contribution in [2.24, 2.45) is 0 Å². The van der Waals surface area contributed by atoms with Gasteiger partial charge in [-0.1, -0.05) is 48.5 Å². The Balaban J connectivity index is 1.70. The Morgan fingerprint density at radius 2 is 1.67 bits per heavy atom. The van der Waals surface area contributed by atoms with Gasteiger partial charge in [-0.25, -0.2) is 13.1 Å². The highest BCUT2D eigenvalue weighted by atomic mass is 32.2. The molecule has 5 nitrogen and oxygen atoms in total. The van der Waals surface area contributed by atoms with Crippen LogP contribution in [0.1, 0.15) is 18.4 Å². The van der Waals surface area contributed by atoms with E-state index in [9.17, 15) is 13.2 Å². The van der Waals surface area contributed by atoms with Crippen LogP contribution >= 0.6 is 0 Å². The third-order valence-electron chi connectivity index (χ3n) is 4.18. The summed E-state index contributed by atoms with van der Waals surface area (Å²) in [4.78, 5) is 14.6. The lowest BCUT2D eigenvalue weighted by Crippen LogP contribution is -2.45. The van der Waals surface area contributed by atoms with Gasteiger partial charge in [-0.05, 0) is 37.1 Å². The Morgan fingerprint density at radius 3 is 2.33 bits per heavy atom. The maximum absolute atomic E-state index is 12.5. The molecule has 1 aliphatic rings. The minimum absolute atomic E-state index is 0.103. The molecule has 1 atom stereocenters. The van der Waals surface area contributed by atoms with Crippen LogP contribution < -0.4 is 4.72 Å². The highest BCUT2D eigenvalue weighted by molar-refractivity contribution is 7.90. The van der Waals surface area contributed by atoms with E-state index in [2.05, 4.69) is 4.72 Å². The number of rotatable bonds is 5. The molecule has 2 aromatic carbocycles. The molecule has 0 radical (unpaired) electrons. The Bertz CT molecular complexity index is 792. The molecule has 1 fully saturated rings. The number of carbonyl (C=O) groups excluding carboxylic acids is 1. The van der Waals surface area contributed by atoms with Crippen molar-refractivity contribution in [2.45, 2.75) is 30.3 Å². The molecule has 0 spiro atoms. The molecule has 126 valence electrons. The molecule has 1 N–H and O–H groups in total. The summed E-state index contributed by atoms with van der Waals surface area (Å²) in [5.41, 5.74) is 1.11. The van der Waals surface area contributed by atoms with Gasteiger partial charge in [0.25, 0.3) is 15.9 Å². The molecule has 0 aromatic heterocycles. The number of nitrogens with one attached hydrogen (secondary N) is 1. The molecule has 1 saturated heterocycles. The summed E-state index contributed by atoms with van der Waals surface area (Å²) in [6.45, 7) is 1.43. The van der Waals surface area contributed by atoms with Crippen molar-refractivity contribution >= 4 is 15.9 Å². The van der Waals surface area contributed by atoms with Crippen LogP contribution in [0.5, 0.6) is 0 Å². The van der Waals surface area contributed by atoms with E-state index >= 15 is 0 Å². The van der Waals surface area contributed by atoms with Crippen molar-refractivity contribution in [3.63, 3.8) is 0 Å². The van der Waals surface area contributed by atoms with Crippen LogP contribution in [0.3, 0.4) is 0 Å². The van der Waals surface area contributed by atoms with Crippen molar-refractivity contribution < 1.29 is 13.2 Å². The molecule has 24 heavy (non-hydrogen) atoms. The van der Waals surface area contributed by atoms with Gasteiger partial charge < -0.3 is 0 Å². The number of carbonyl (C=O) groups is 1. The fourth-order valence-electron chi connectivity index (χ4n) is 2.99. The van der Waals surface area contributed by atoms with Crippen molar-refractivity contribution in [3.8, 4) is 0 Å². The van der Waals surface area contributed by atoms with Gasteiger partial charge in [0.05, 0.1) is 10.9 Å². The van der Waals surface area contributed by atoms with Crippen LogP contribution in [0.4, 0.5) is 0 Å². The van der Waals surface area contributed by atoms with Gasteiger partial charge in [0.15, 0.2) is 0 Å². The Morgan fingerprint density at radius 1 is 1.04 bits per heavy atom. The minimum Gasteiger partial charge on any atom is -0.288 e. The molecule has 6 heteroatoms. The topological polar surface area (TPSA) is 66.5 Å². The van der Waals surface area contributed by atoms with E-state index in [1.165, 1.54) is 12.1 Å². The molecule has 0 aliphatic carbocycles. The minimum atomic E-state index is -3.82. The van der Waals surface area contributed by atoms with E-state index in [1.807, 2.05) is 35.2 Å². The molecule has 0 saturated carbocycles. The monoisotopic (exact) mass is 344 g/mol. The summed E-state index contributed by atoms with van der Waals surface area (Å²) >= 11 is 0. The average Bonchev–Trinajstić information content (AvgIpc) is 3.04. The predicted molar refractivity (Wildman–Crippen MR) is 91.6 cm³/mol. The summed E-state index contributed by atoms with van der Waals surface area (Å²) in [5.74, 6) is -0.452. The van der Waals surface area contributed by atoms with Gasteiger partial charge in [0, 0.05) is 6.54 Å². The quantitative estimate of drug-likeness (QED) is 0.903. The molecule has 1 amide bonds. The zero-order valence-electron chi connectivity index (χ0n) is 13.3. The van der Waals surface area contributed by atoms with Crippen LogP contribution in [0, 0.1) is 0 Å². The van der Waals surface area contributed by atoms with Gasteiger partial charge in [-0.2, -0.15) is 0 Å². The molecule has 2 aromatic rings. The Hall–Kier alpha value is -2.18. The van der Waals surface area contributed by atoms with Gasteiger partial charge in [0.1, 0.15) is 0 Å². The number of hydrogen-bond donors (Lipinski definition) is 1. The van der Waals surface area contributed by atoms with Crippen LogP contribution in [0.15, 0.2) is 65.6 Å². The maximum Gasteiger partial charge on any atom is 0.264 e. The SMILES string of the molecule is O=C(NS(=O)(=O)c1ccccc1)[C@H]1CCCN1Cc1ccccc1. The number of likely N-dealkylation sites (tertiary alicyclic amines) is 1. The molecule has 1 heterocycles. The van der Waals surface area contributed by atoms with Crippen molar-refractivity contribution in [2.75, 3.05) is 6.54 Å². The standard InChI is InChI=1S/C18H20N2O3S/c21-18(19-24(22,23)16-10-5-2-6-11-16)17-12-7-13-20(17)14-15-8-3-1-4-9-15/h1-6,8-11,17H,7,12-14H2,(H,19,21)/t17-/m1/s1. The number of benzene rings is 2. The lowest BCUT2D eigenvalue weighted by molar-refractivity contribution is -0.123. The summed E-state index contributed by atoms with van der Waals surface area (Å²) < 4.78 is 26.8. The maximum atomic E-state index is 12.5. The number of sulfonamides is 1. The van der Waals surface area contributed by atoms with Crippen LogP contribution in [0.2, 0.25) is 0 Å². The normalized spacial score (nSPS) is 18.4. The highest BCUT2D eigenvalue weighted by Crippen LogP contribution is 2.21. The van der Waals surface area contributed by atoms with Crippen molar-refractivity contribution in [1.82, 2.24) is 9.62 Å². The molecular weight excluding hydrogens is 324 g/mol. The zero-order chi connectivity index (χ0) is 17.0. The van der Waals surface area contributed by atoms with Gasteiger partial charge >= 0.3 is 0 Å². The predicted octanol–water partition coefficient (Wildman–Crippen LogP) is 2.16. The summed E-state index contributed by atoms with van der Waals surface area (Å²) in [6.07, 6.45) is 1.55. The van der Waals surface area contributed by atoms with Gasteiger partial charge in [-0.3, -0.25) is 9.69 Å². The second-order valence-electron chi connectivity index (χ2n) is 5.90. The Labute approximate surface area is 142 Å². The molecule has 3 rings (SSSR count). The summed E-state index contributed by atoms with van der Waals surface area (Å²) in [5, 5.41) is 0. The molecule has 1 aliphatic heterocycles. The van der Waals surface area contributed by atoms with E-state index in [0.29, 0.717) is 13.0 Å². The van der Waals surface area contributed by atoms with E-state index in [4.69, 9.17) is 0 Å². The first-order valence-electron chi connectivity index (χ1n) is 7.96. The first kappa shape index (κ1) is 16.7. The summed E-state index contributed by atoms with van der Waals surface area (Å²) in [7, 11) is -3.82. The van der Waals surface area contributed by atoms with Crippen molar-refractivity contribution in [1.29, 1.82) is 0 Å². The number of hydrogen-bond acceptors (Lipinski definition) is 4. The fourth-order valence-corrected chi connectivity index (χ4v) is 4.02. The Kier molecular flexibility index (Phi) is 4.97. The summed E-state index contributed by atoms with van der Waals surface area (Å²) in [6, 6.07) is 17.4. The van der Waals surface area contributed by atoms with Gasteiger partial charge in [0.2, 0.25) is 0 Å². The van der Waals surface area contributed by atoms with Crippen LogP contribution in [0.25, 0.3) is 0 Å². The largest absolute Gasteiger partial charge is 0.288 e. The van der Waals surface area contributed by atoms with Crippen molar-refractivity contribution in [3.05, 3.63) is 66.2 Å². The second-order valence-corrected chi connectivity index (χ2v) is 7.58. The first-order valence-corrected chi connectivity index (χ1v) is 9.44. The smallest absolute Gasteiger partial charge is 0.264 e. The van der Waals surface area contributed by atoms with Crippen LogP contribution in [-0.4, -0.2) is 31.8 Å². The number of amides is 1. The average molecular weight is 344 g/mol. The third kappa shape index (κ3) is 3.83. The first-order chi connectivity index (χ1) is 11.6. The number of nitrogens with zero attached hydrogens (tertiary/aromatic N) is 1. The third-order valence-corrected chi connectivity index (χ3v) is 5.55. The fraction of sp³-hybridized carbons (Fsp3) is 0.278. The lowest BCUT2D eigenvalue weighted by atomic mass is 10.2. The molecule has 0 bridgehead atoms. The van der Waals surface area contributed by atoms with Gasteiger partial charge in [-0.15, -0.1) is 0 Å². The van der Waals surface area contributed by atoms with E-state index < -0.39 is 22.0 Å². The lowest BCUT2D eigenvalue weighted by Gasteiger charge is -2.23. The molecule has 0 unspecified atom stereocenters. The van der Waals surface area contributed by atoms with Crippen LogP contribution in [-0.2, 0) is 21.4 Å². The van der Waals surface area contributed by atoms with E-state index in [1.54, 1.807) is 18.2 Å².